The van der Waals surface area contributed by atoms with Crippen molar-refractivity contribution in [3.63, 3.8) is 0 Å². The number of halogens is 1. The highest BCUT2D eigenvalue weighted by Gasteiger charge is 2.23. The lowest BCUT2D eigenvalue weighted by Crippen LogP contribution is -2.31. The number of ether oxygens (including phenoxy) is 1. The highest BCUT2D eigenvalue weighted by atomic mass is 35.5. The molecular weight excluding hydrogens is 362 g/mol. The van der Waals surface area contributed by atoms with Gasteiger partial charge in [-0.15, -0.1) is 0 Å². The van der Waals surface area contributed by atoms with Crippen molar-refractivity contribution in [2.24, 2.45) is 0 Å². The molecule has 3 aromatic carbocycles. The second-order valence-corrected chi connectivity index (χ2v) is 7.11. The summed E-state index contributed by atoms with van der Waals surface area (Å²) in [5.74, 6) is 0.760. The van der Waals surface area contributed by atoms with E-state index in [1.165, 1.54) is 0 Å². The van der Waals surface area contributed by atoms with Crippen LogP contribution in [0, 0.1) is 0 Å². The van der Waals surface area contributed by atoms with Crippen LogP contribution in [-0.2, 0) is 13.1 Å². The molecule has 0 fully saturated rings. The Kier molecular flexibility index (Phi) is 3.88. The van der Waals surface area contributed by atoms with E-state index in [-0.39, 0.29) is 5.63 Å². The van der Waals surface area contributed by atoms with Crippen LogP contribution in [0.2, 0.25) is 5.02 Å². The van der Waals surface area contributed by atoms with Crippen molar-refractivity contribution >= 4 is 33.3 Å². The Labute approximate surface area is 160 Å². The van der Waals surface area contributed by atoms with Gasteiger partial charge in [0, 0.05) is 23.5 Å². The summed E-state index contributed by atoms with van der Waals surface area (Å²) in [6, 6.07) is 19.2. The lowest BCUT2D eigenvalue weighted by molar-refractivity contribution is 0.0890. The summed E-state index contributed by atoms with van der Waals surface area (Å²) in [5, 5.41) is 3.15. The normalized spacial score (nSPS) is 14.3. The lowest BCUT2D eigenvalue weighted by atomic mass is 10.0. The number of hydrogen-bond acceptors (Lipinski definition) is 4. The fraction of sp³-hybridized carbons (Fsp3) is 0.136. The molecule has 0 spiro atoms. The van der Waals surface area contributed by atoms with Gasteiger partial charge < -0.3 is 9.15 Å². The second-order valence-electron chi connectivity index (χ2n) is 6.71. The van der Waals surface area contributed by atoms with Gasteiger partial charge in [-0.1, -0.05) is 48.0 Å². The van der Waals surface area contributed by atoms with Crippen LogP contribution < -0.4 is 10.4 Å². The summed E-state index contributed by atoms with van der Waals surface area (Å²) in [5.41, 5.74) is 2.21. The summed E-state index contributed by atoms with van der Waals surface area (Å²) < 4.78 is 11.6. The molecule has 4 nitrogen and oxygen atoms in total. The predicted octanol–water partition coefficient (Wildman–Crippen LogP) is 4.95. The topological polar surface area (TPSA) is 42.7 Å². The molecule has 134 valence electrons. The molecular formula is C22H16ClNO3. The minimum absolute atomic E-state index is 0.324. The van der Waals surface area contributed by atoms with Gasteiger partial charge in [0.15, 0.2) is 0 Å². The number of benzene rings is 3. The molecule has 5 heteroatoms. The third-order valence-electron chi connectivity index (χ3n) is 4.99. The van der Waals surface area contributed by atoms with E-state index in [1.807, 2.05) is 54.6 Å². The number of rotatable bonds is 2. The van der Waals surface area contributed by atoms with Crippen LogP contribution >= 0.6 is 11.6 Å². The maximum Gasteiger partial charge on any atom is 0.344 e. The number of fused-ring (bicyclic) bond motifs is 5. The average Bonchev–Trinajstić information content (AvgIpc) is 2.70. The predicted molar refractivity (Wildman–Crippen MR) is 106 cm³/mol. The highest BCUT2D eigenvalue weighted by Crippen LogP contribution is 2.35. The van der Waals surface area contributed by atoms with Crippen molar-refractivity contribution in [2.45, 2.75) is 13.1 Å². The van der Waals surface area contributed by atoms with E-state index < -0.39 is 0 Å². The average molecular weight is 378 g/mol. The van der Waals surface area contributed by atoms with Crippen molar-refractivity contribution in [1.82, 2.24) is 4.90 Å². The van der Waals surface area contributed by atoms with Gasteiger partial charge in [0.2, 0.25) is 0 Å². The first kappa shape index (κ1) is 16.4. The Hall–Kier alpha value is -2.82. The maximum absolute atomic E-state index is 12.5. The van der Waals surface area contributed by atoms with E-state index in [0.29, 0.717) is 30.8 Å². The van der Waals surface area contributed by atoms with Crippen LogP contribution in [0.15, 0.2) is 69.9 Å². The Balaban J connectivity index is 1.61. The van der Waals surface area contributed by atoms with Gasteiger partial charge >= 0.3 is 5.63 Å². The number of hydrogen-bond donors (Lipinski definition) is 0. The Bertz CT molecular complexity index is 1230. The SMILES string of the molecule is O=c1oc2c3c(ccc2c2ccccc12)OCN(Cc1ccccc1Cl)C3. The van der Waals surface area contributed by atoms with Gasteiger partial charge in [-0.05, 0) is 35.2 Å². The maximum atomic E-state index is 12.5. The Morgan fingerprint density at radius 2 is 1.70 bits per heavy atom. The fourth-order valence-corrected chi connectivity index (χ4v) is 3.86. The Morgan fingerprint density at radius 3 is 2.56 bits per heavy atom. The van der Waals surface area contributed by atoms with Gasteiger partial charge in [0.05, 0.1) is 10.9 Å². The third-order valence-corrected chi connectivity index (χ3v) is 5.35. The fourth-order valence-electron chi connectivity index (χ4n) is 3.67. The molecule has 27 heavy (non-hydrogen) atoms. The molecule has 0 bridgehead atoms. The minimum atomic E-state index is -0.324. The van der Waals surface area contributed by atoms with Crippen molar-refractivity contribution in [3.05, 3.63) is 87.2 Å². The molecule has 0 saturated carbocycles. The van der Waals surface area contributed by atoms with E-state index in [0.717, 1.165) is 32.7 Å². The van der Waals surface area contributed by atoms with Gasteiger partial charge in [0.25, 0.3) is 0 Å². The van der Waals surface area contributed by atoms with E-state index in [1.54, 1.807) is 6.07 Å². The molecule has 0 unspecified atom stereocenters. The van der Waals surface area contributed by atoms with E-state index in [9.17, 15) is 4.79 Å². The molecule has 1 aliphatic heterocycles. The summed E-state index contributed by atoms with van der Waals surface area (Å²) >= 11 is 6.30. The van der Waals surface area contributed by atoms with Gasteiger partial charge in [-0.3, -0.25) is 4.90 Å². The molecule has 0 amide bonds. The second kappa shape index (κ2) is 6.41. The van der Waals surface area contributed by atoms with Gasteiger partial charge in [0.1, 0.15) is 18.1 Å². The zero-order valence-electron chi connectivity index (χ0n) is 14.4. The minimum Gasteiger partial charge on any atom is -0.478 e. The zero-order valence-corrected chi connectivity index (χ0v) is 15.2. The molecule has 1 aliphatic rings. The summed E-state index contributed by atoms with van der Waals surface area (Å²) in [4.78, 5) is 14.6. The molecule has 1 aromatic heterocycles. The molecule has 0 saturated heterocycles. The molecule has 2 heterocycles. The summed E-state index contributed by atoms with van der Waals surface area (Å²) in [7, 11) is 0. The van der Waals surface area contributed by atoms with Crippen LogP contribution in [-0.4, -0.2) is 11.6 Å². The summed E-state index contributed by atoms with van der Waals surface area (Å²) in [6.07, 6.45) is 0. The van der Waals surface area contributed by atoms with Crippen LogP contribution in [0.25, 0.3) is 21.7 Å². The van der Waals surface area contributed by atoms with Crippen molar-refractivity contribution in [1.29, 1.82) is 0 Å². The van der Waals surface area contributed by atoms with Crippen LogP contribution in [0.5, 0.6) is 5.75 Å². The van der Waals surface area contributed by atoms with E-state index >= 15 is 0 Å². The lowest BCUT2D eigenvalue weighted by Gasteiger charge is -2.29. The van der Waals surface area contributed by atoms with Crippen LogP contribution in [0.4, 0.5) is 0 Å². The van der Waals surface area contributed by atoms with Gasteiger partial charge in [-0.2, -0.15) is 0 Å². The number of nitrogens with zero attached hydrogens (tertiary/aromatic N) is 1. The largest absolute Gasteiger partial charge is 0.478 e. The first-order valence-corrected chi connectivity index (χ1v) is 9.14. The Morgan fingerprint density at radius 1 is 0.926 bits per heavy atom. The van der Waals surface area contributed by atoms with Crippen molar-refractivity contribution in [2.75, 3.05) is 6.73 Å². The standard InChI is InChI=1S/C22H16ClNO3/c23-19-8-4-1-5-14(19)11-24-12-18-20(26-13-24)10-9-16-15-6-2-3-7-17(15)22(25)27-21(16)18/h1-10H,11-13H2. The van der Waals surface area contributed by atoms with E-state index in [2.05, 4.69) is 4.90 Å². The van der Waals surface area contributed by atoms with Crippen molar-refractivity contribution in [3.8, 4) is 5.75 Å². The monoisotopic (exact) mass is 377 g/mol. The van der Waals surface area contributed by atoms with Crippen LogP contribution in [0.1, 0.15) is 11.1 Å². The zero-order chi connectivity index (χ0) is 18.4. The third kappa shape index (κ3) is 2.78. The van der Waals surface area contributed by atoms with Crippen LogP contribution in [0.3, 0.4) is 0 Å². The molecule has 0 N–H and O–H groups in total. The molecule has 0 radical (unpaired) electrons. The molecule has 0 aliphatic carbocycles. The van der Waals surface area contributed by atoms with E-state index in [4.69, 9.17) is 20.8 Å². The molecule has 0 atom stereocenters. The first-order valence-electron chi connectivity index (χ1n) is 8.77. The first-order chi connectivity index (χ1) is 13.2. The summed E-state index contributed by atoms with van der Waals surface area (Å²) in [6.45, 7) is 1.74. The van der Waals surface area contributed by atoms with Gasteiger partial charge in [-0.25, -0.2) is 4.79 Å². The molecule has 5 rings (SSSR count). The van der Waals surface area contributed by atoms with Crippen molar-refractivity contribution < 1.29 is 9.15 Å². The molecule has 4 aromatic rings. The smallest absolute Gasteiger partial charge is 0.344 e. The quantitative estimate of drug-likeness (QED) is 0.366. The highest BCUT2D eigenvalue weighted by molar-refractivity contribution is 6.31.